The topological polar surface area (TPSA) is 67.3 Å². The second-order valence-electron chi connectivity index (χ2n) is 3.99. The number of aliphatic hydroxyl groups excluding tert-OH is 1. The van der Waals surface area contributed by atoms with Crippen molar-refractivity contribution in [2.75, 3.05) is 12.0 Å². The number of aromatic nitrogens is 1. The molecule has 1 aromatic heterocycles. The van der Waals surface area contributed by atoms with Crippen molar-refractivity contribution in [2.24, 2.45) is 0 Å². The van der Waals surface area contributed by atoms with E-state index in [1.165, 1.54) is 6.26 Å². The van der Waals surface area contributed by atoms with Crippen molar-refractivity contribution < 1.29 is 13.5 Å². The number of hydrogen-bond donors (Lipinski definition) is 1. The molecule has 4 nitrogen and oxygen atoms in total. The SMILES string of the molecule is Cc1nc(CC(O)CCCS(C)(=O)=O)cs1. The maximum atomic E-state index is 10.9. The Kier molecular flexibility index (Phi) is 4.89. The van der Waals surface area contributed by atoms with Crippen molar-refractivity contribution in [1.82, 2.24) is 4.98 Å². The van der Waals surface area contributed by atoms with Crippen LogP contribution < -0.4 is 0 Å². The van der Waals surface area contributed by atoms with Crippen LogP contribution in [-0.2, 0) is 16.3 Å². The number of rotatable bonds is 6. The number of sulfone groups is 1. The lowest BCUT2D eigenvalue weighted by Gasteiger charge is -2.07. The van der Waals surface area contributed by atoms with Gasteiger partial charge in [0.15, 0.2) is 0 Å². The Morgan fingerprint density at radius 3 is 2.75 bits per heavy atom. The van der Waals surface area contributed by atoms with E-state index in [9.17, 15) is 13.5 Å². The lowest BCUT2D eigenvalue weighted by Crippen LogP contribution is -2.13. The Balaban J connectivity index is 2.29. The smallest absolute Gasteiger partial charge is 0.147 e. The molecule has 0 fully saturated rings. The molecule has 1 heterocycles. The minimum Gasteiger partial charge on any atom is -0.393 e. The van der Waals surface area contributed by atoms with Gasteiger partial charge in [0.05, 0.1) is 16.8 Å². The zero-order chi connectivity index (χ0) is 12.2. The van der Waals surface area contributed by atoms with E-state index in [-0.39, 0.29) is 5.75 Å². The largest absolute Gasteiger partial charge is 0.393 e. The van der Waals surface area contributed by atoms with E-state index in [2.05, 4.69) is 4.98 Å². The lowest BCUT2D eigenvalue weighted by molar-refractivity contribution is 0.163. The number of aryl methyl sites for hydroxylation is 1. The zero-order valence-corrected chi connectivity index (χ0v) is 11.1. The van der Waals surface area contributed by atoms with E-state index in [1.54, 1.807) is 11.3 Å². The van der Waals surface area contributed by atoms with Crippen molar-refractivity contribution in [2.45, 2.75) is 32.3 Å². The highest BCUT2D eigenvalue weighted by Crippen LogP contribution is 2.12. The van der Waals surface area contributed by atoms with Crippen LogP contribution >= 0.6 is 11.3 Å². The van der Waals surface area contributed by atoms with Gasteiger partial charge in [-0.2, -0.15) is 0 Å². The molecule has 16 heavy (non-hydrogen) atoms. The summed E-state index contributed by atoms with van der Waals surface area (Å²) in [4.78, 5) is 4.25. The number of aliphatic hydroxyl groups is 1. The van der Waals surface area contributed by atoms with E-state index in [1.807, 2.05) is 12.3 Å². The summed E-state index contributed by atoms with van der Waals surface area (Å²) in [5.74, 6) is 0.139. The van der Waals surface area contributed by atoms with Crippen LogP contribution in [0.3, 0.4) is 0 Å². The third-order valence-corrected chi connectivity index (χ3v) is 4.02. The molecular formula is C10H17NO3S2. The maximum Gasteiger partial charge on any atom is 0.147 e. The highest BCUT2D eigenvalue weighted by Gasteiger charge is 2.09. The second kappa shape index (κ2) is 5.75. The van der Waals surface area contributed by atoms with Gasteiger partial charge in [0.2, 0.25) is 0 Å². The molecule has 1 atom stereocenters. The summed E-state index contributed by atoms with van der Waals surface area (Å²) in [7, 11) is -2.91. The van der Waals surface area contributed by atoms with Gasteiger partial charge in [-0.1, -0.05) is 0 Å². The maximum absolute atomic E-state index is 10.9. The van der Waals surface area contributed by atoms with Crippen LogP contribution in [0.1, 0.15) is 23.5 Å². The highest BCUT2D eigenvalue weighted by atomic mass is 32.2. The van der Waals surface area contributed by atoms with E-state index >= 15 is 0 Å². The lowest BCUT2D eigenvalue weighted by atomic mass is 10.1. The fraction of sp³-hybridized carbons (Fsp3) is 0.700. The van der Waals surface area contributed by atoms with Crippen LogP contribution in [-0.4, -0.2) is 36.6 Å². The fourth-order valence-electron chi connectivity index (χ4n) is 1.43. The normalized spacial score (nSPS) is 13.9. The number of hydrogen-bond acceptors (Lipinski definition) is 5. The first-order chi connectivity index (χ1) is 7.37. The van der Waals surface area contributed by atoms with E-state index < -0.39 is 15.9 Å². The second-order valence-corrected chi connectivity index (χ2v) is 7.31. The van der Waals surface area contributed by atoms with Crippen LogP contribution in [0.2, 0.25) is 0 Å². The summed E-state index contributed by atoms with van der Waals surface area (Å²) in [6.07, 6.45) is 2.23. The molecule has 0 aliphatic heterocycles. The molecule has 0 saturated carbocycles. The summed E-state index contributed by atoms with van der Waals surface area (Å²) in [5.41, 5.74) is 0.884. The van der Waals surface area contributed by atoms with Gasteiger partial charge in [0.1, 0.15) is 9.84 Å². The summed E-state index contributed by atoms with van der Waals surface area (Å²) in [6, 6.07) is 0. The summed E-state index contributed by atoms with van der Waals surface area (Å²) in [6.45, 7) is 1.92. The molecule has 1 rings (SSSR count). The molecule has 0 amide bonds. The summed E-state index contributed by atoms with van der Waals surface area (Å²) < 4.78 is 21.8. The first kappa shape index (κ1) is 13.6. The molecular weight excluding hydrogens is 246 g/mol. The first-order valence-corrected chi connectivity index (χ1v) is 8.07. The predicted octanol–water partition coefficient (Wildman–Crippen LogP) is 1.18. The van der Waals surface area contributed by atoms with Crippen LogP contribution in [0.15, 0.2) is 5.38 Å². The van der Waals surface area contributed by atoms with Gasteiger partial charge in [-0.15, -0.1) is 11.3 Å². The van der Waals surface area contributed by atoms with Crippen LogP contribution in [0.25, 0.3) is 0 Å². The third kappa shape index (κ3) is 5.58. The molecule has 0 spiro atoms. The van der Waals surface area contributed by atoms with Crippen LogP contribution in [0.4, 0.5) is 0 Å². The van der Waals surface area contributed by atoms with Gasteiger partial charge < -0.3 is 5.11 Å². The average molecular weight is 263 g/mol. The van der Waals surface area contributed by atoms with E-state index in [4.69, 9.17) is 0 Å². The van der Waals surface area contributed by atoms with Crippen molar-refractivity contribution in [1.29, 1.82) is 0 Å². The summed E-state index contributed by atoms with van der Waals surface area (Å²) >= 11 is 1.56. The Labute approximate surface area is 100 Å². The molecule has 92 valence electrons. The summed E-state index contributed by atoms with van der Waals surface area (Å²) in [5, 5.41) is 12.6. The first-order valence-electron chi connectivity index (χ1n) is 5.13. The Morgan fingerprint density at radius 2 is 2.25 bits per heavy atom. The Hall–Kier alpha value is -0.460. The molecule has 0 radical (unpaired) electrons. The molecule has 0 bridgehead atoms. The molecule has 6 heteroatoms. The predicted molar refractivity (Wildman–Crippen MR) is 65.5 cm³/mol. The standard InChI is InChI=1S/C10H17NO3S2/c1-8-11-9(7-15-8)6-10(12)4-3-5-16(2,13)14/h7,10,12H,3-6H2,1-2H3. The average Bonchev–Trinajstić information content (AvgIpc) is 2.48. The van der Waals surface area contributed by atoms with Crippen molar-refractivity contribution in [3.8, 4) is 0 Å². The van der Waals surface area contributed by atoms with E-state index in [0.29, 0.717) is 19.3 Å². The third-order valence-electron chi connectivity index (χ3n) is 2.16. The molecule has 0 saturated heterocycles. The zero-order valence-electron chi connectivity index (χ0n) is 9.51. The highest BCUT2D eigenvalue weighted by molar-refractivity contribution is 7.90. The monoisotopic (exact) mass is 263 g/mol. The van der Waals surface area contributed by atoms with Gasteiger partial charge in [-0.25, -0.2) is 13.4 Å². The molecule has 0 aromatic carbocycles. The molecule has 1 aromatic rings. The minimum atomic E-state index is -2.91. The van der Waals surface area contributed by atoms with Gasteiger partial charge >= 0.3 is 0 Å². The van der Waals surface area contributed by atoms with Crippen LogP contribution in [0, 0.1) is 6.92 Å². The van der Waals surface area contributed by atoms with Crippen molar-refractivity contribution in [3.63, 3.8) is 0 Å². The Morgan fingerprint density at radius 1 is 1.56 bits per heavy atom. The fourth-order valence-corrected chi connectivity index (χ4v) is 2.74. The number of thiazole rings is 1. The van der Waals surface area contributed by atoms with Crippen molar-refractivity contribution in [3.05, 3.63) is 16.1 Å². The van der Waals surface area contributed by atoms with Gasteiger partial charge in [-0.3, -0.25) is 0 Å². The van der Waals surface area contributed by atoms with Gasteiger partial charge in [0.25, 0.3) is 0 Å². The Bertz CT molecular complexity index is 425. The van der Waals surface area contributed by atoms with Crippen LogP contribution in [0.5, 0.6) is 0 Å². The van der Waals surface area contributed by atoms with Gasteiger partial charge in [0, 0.05) is 23.8 Å². The molecule has 0 aliphatic rings. The number of nitrogens with zero attached hydrogens (tertiary/aromatic N) is 1. The minimum absolute atomic E-state index is 0.139. The quantitative estimate of drug-likeness (QED) is 0.837. The molecule has 1 unspecified atom stereocenters. The van der Waals surface area contributed by atoms with Gasteiger partial charge in [-0.05, 0) is 19.8 Å². The van der Waals surface area contributed by atoms with Crippen molar-refractivity contribution >= 4 is 21.2 Å². The van der Waals surface area contributed by atoms with E-state index in [0.717, 1.165) is 10.7 Å². The molecule has 1 N–H and O–H groups in total. The molecule has 0 aliphatic carbocycles.